The van der Waals surface area contributed by atoms with E-state index in [2.05, 4.69) is 0 Å². The molecular formula is C13H17O4PS2. The van der Waals surface area contributed by atoms with Gasteiger partial charge in [0.2, 0.25) is 5.12 Å². The van der Waals surface area contributed by atoms with Crippen molar-refractivity contribution in [3.05, 3.63) is 30.3 Å². The van der Waals surface area contributed by atoms with E-state index in [0.717, 1.165) is 11.4 Å². The Morgan fingerprint density at radius 3 is 2.55 bits per heavy atom. The van der Waals surface area contributed by atoms with Gasteiger partial charge in [-0.1, -0.05) is 32.0 Å². The summed E-state index contributed by atoms with van der Waals surface area (Å²) in [7, 11) is 0. The van der Waals surface area contributed by atoms with Crippen molar-refractivity contribution in [3.8, 4) is 5.75 Å². The standard InChI is InChI=1S/C13H17O4PS2/c1-13(2)9-16-18(19,17-10-13)20-12(14)8-15-11-6-4-3-5-7-11/h3-7H,8-10H2,1-2H3. The minimum absolute atomic E-state index is 0.0385. The largest absolute Gasteiger partial charge is 0.485 e. The number of carbonyl (C=O) groups excluding carboxylic acids is 1. The molecule has 0 atom stereocenters. The van der Waals surface area contributed by atoms with E-state index in [9.17, 15) is 4.79 Å². The minimum atomic E-state index is -2.55. The molecule has 1 heterocycles. The Morgan fingerprint density at radius 1 is 1.35 bits per heavy atom. The van der Waals surface area contributed by atoms with Gasteiger partial charge in [0.05, 0.1) is 13.2 Å². The van der Waals surface area contributed by atoms with Gasteiger partial charge in [0, 0.05) is 16.8 Å². The monoisotopic (exact) mass is 332 g/mol. The van der Waals surface area contributed by atoms with Crippen molar-refractivity contribution in [1.82, 2.24) is 0 Å². The lowest BCUT2D eigenvalue weighted by Gasteiger charge is -2.35. The molecule has 0 bridgehead atoms. The van der Waals surface area contributed by atoms with E-state index in [-0.39, 0.29) is 17.1 Å². The van der Waals surface area contributed by atoms with E-state index in [1.54, 1.807) is 12.1 Å². The molecule has 4 nitrogen and oxygen atoms in total. The van der Waals surface area contributed by atoms with Crippen LogP contribution in [0.25, 0.3) is 0 Å². The summed E-state index contributed by atoms with van der Waals surface area (Å²) in [5, 5.41) is -0.170. The second-order valence-electron chi connectivity index (χ2n) is 5.22. The molecule has 0 aromatic heterocycles. The van der Waals surface area contributed by atoms with Gasteiger partial charge in [-0.25, -0.2) is 0 Å². The molecule has 0 amide bonds. The van der Waals surface area contributed by atoms with Gasteiger partial charge in [-0.15, -0.1) is 0 Å². The van der Waals surface area contributed by atoms with Gasteiger partial charge in [-0.05, 0) is 23.9 Å². The molecule has 0 radical (unpaired) electrons. The smallest absolute Gasteiger partial charge is 0.255 e. The van der Waals surface area contributed by atoms with Crippen molar-refractivity contribution in [2.75, 3.05) is 19.8 Å². The second-order valence-corrected chi connectivity index (χ2v) is 11.4. The number of hydrogen-bond acceptors (Lipinski definition) is 6. The average Bonchev–Trinajstić information content (AvgIpc) is 2.42. The fraction of sp³-hybridized carbons (Fsp3) is 0.462. The van der Waals surface area contributed by atoms with Crippen molar-refractivity contribution in [3.63, 3.8) is 0 Å². The van der Waals surface area contributed by atoms with Crippen LogP contribution in [-0.4, -0.2) is 24.9 Å². The number of ether oxygens (including phenoxy) is 1. The van der Waals surface area contributed by atoms with Crippen LogP contribution in [0.5, 0.6) is 5.75 Å². The maximum atomic E-state index is 11.9. The summed E-state index contributed by atoms with van der Waals surface area (Å²) in [4.78, 5) is 11.9. The first-order valence-corrected chi connectivity index (χ1v) is 10.2. The van der Waals surface area contributed by atoms with Gasteiger partial charge in [-0.3, -0.25) is 4.79 Å². The van der Waals surface area contributed by atoms with Crippen LogP contribution in [0.3, 0.4) is 0 Å². The Kier molecular flexibility index (Phi) is 5.26. The summed E-state index contributed by atoms with van der Waals surface area (Å²) < 4.78 is 16.6. The van der Waals surface area contributed by atoms with Crippen LogP contribution >= 0.6 is 17.1 Å². The third kappa shape index (κ3) is 4.86. The van der Waals surface area contributed by atoms with Gasteiger partial charge < -0.3 is 13.8 Å². The van der Waals surface area contributed by atoms with Crippen LogP contribution < -0.4 is 4.74 Å². The third-order valence-electron chi connectivity index (χ3n) is 2.54. The number of rotatable bonds is 4. The molecule has 1 fully saturated rings. The molecule has 20 heavy (non-hydrogen) atoms. The van der Waals surface area contributed by atoms with E-state index in [4.69, 9.17) is 25.6 Å². The van der Waals surface area contributed by atoms with E-state index in [0.29, 0.717) is 19.0 Å². The lowest BCUT2D eigenvalue weighted by atomic mass is 9.97. The average molecular weight is 332 g/mol. The van der Waals surface area contributed by atoms with Crippen LogP contribution in [0.2, 0.25) is 0 Å². The first-order chi connectivity index (χ1) is 9.39. The Balaban J connectivity index is 1.81. The van der Waals surface area contributed by atoms with Crippen LogP contribution in [-0.2, 0) is 25.6 Å². The van der Waals surface area contributed by atoms with Crippen molar-refractivity contribution in [2.45, 2.75) is 13.8 Å². The topological polar surface area (TPSA) is 44.8 Å². The number of hydrogen-bond donors (Lipinski definition) is 0. The van der Waals surface area contributed by atoms with Crippen LogP contribution in [0.4, 0.5) is 0 Å². The maximum Gasteiger partial charge on any atom is 0.255 e. The zero-order valence-corrected chi connectivity index (χ0v) is 13.9. The lowest BCUT2D eigenvalue weighted by molar-refractivity contribution is -0.112. The molecule has 0 N–H and O–H groups in total. The highest BCUT2D eigenvalue weighted by Gasteiger charge is 2.35. The van der Waals surface area contributed by atoms with Gasteiger partial charge in [0.1, 0.15) is 5.75 Å². The SMILES string of the molecule is CC1(C)COP(=S)(SC(=O)COc2ccccc2)OC1. The van der Waals surface area contributed by atoms with Crippen molar-refractivity contribution < 1.29 is 18.6 Å². The highest BCUT2D eigenvalue weighted by Crippen LogP contribution is 2.64. The predicted molar refractivity (Wildman–Crippen MR) is 84.5 cm³/mol. The van der Waals surface area contributed by atoms with Crippen molar-refractivity contribution in [1.29, 1.82) is 0 Å². The maximum absolute atomic E-state index is 11.9. The summed E-state index contributed by atoms with van der Waals surface area (Å²) in [5.41, 5.74) is -2.60. The first-order valence-electron chi connectivity index (χ1n) is 6.18. The molecule has 0 spiro atoms. The number of para-hydroxylation sites is 1. The molecule has 0 saturated carbocycles. The molecule has 2 rings (SSSR count). The van der Waals surface area contributed by atoms with E-state index >= 15 is 0 Å². The molecule has 1 aliphatic heterocycles. The molecule has 7 heteroatoms. The highest BCUT2D eigenvalue weighted by atomic mass is 32.9. The molecule has 1 aliphatic rings. The fourth-order valence-corrected chi connectivity index (χ4v) is 5.61. The fourth-order valence-electron chi connectivity index (χ4n) is 1.45. The molecule has 1 aromatic carbocycles. The summed E-state index contributed by atoms with van der Waals surface area (Å²) in [5.74, 6) is 0.657. The lowest BCUT2D eigenvalue weighted by Crippen LogP contribution is -2.29. The van der Waals surface area contributed by atoms with E-state index in [1.165, 1.54) is 0 Å². The molecule has 0 aliphatic carbocycles. The van der Waals surface area contributed by atoms with E-state index in [1.807, 2.05) is 32.0 Å². The van der Waals surface area contributed by atoms with Crippen LogP contribution in [0.15, 0.2) is 30.3 Å². The summed E-state index contributed by atoms with van der Waals surface area (Å²) in [6, 6.07) is 9.19. The molecule has 1 saturated heterocycles. The van der Waals surface area contributed by atoms with E-state index < -0.39 is 5.69 Å². The van der Waals surface area contributed by atoms with Gasteiger partial charge in [0.15, 0.2) is 6.61 Å². The van der Waals surface area contributed by atoms with Gasteiger partial charge in [-0.2, -0.15) is 0 Å². The number of benzene rings is 1. The third-order valence-corrected chi connectivity index (χ3v) is 7.19. The second kappa shape index (κ2) is 6.58. The molecular weight excluding hydrogens is 315 g/mol. The highest BCUT2D eigenvalue weighted by molar-refractivity contribution is 8.73. The van der Waals surface area contributed by atoms with Crippen LogP contribution in [0, 0.1) is 5.41 Å². The van der Waals surface area contributed by atoms with Crippen molar-refractivity contribution >= 4 is 34.0 Å². The normalized spacial score (nSPS) is 20.3. The van der Waals surface area contributed by atoms with Crippen molar-refractivity contribution in [2.24, 2.45) is 5.41 Å². The zero-order chi connectivity index (χ0) is 14.6. The Labute approximate surface area is 128 Å². The Bertz CT molecular complexity index is 504. The van der Waals surface area contributed by atoms with Gasteiger partial charge in [0.25, 0.3) is 5.69 Å². The minimum Gasteiger partial charge on any atom is -0.485 e. The molecule has 110 valence electrons. The molecule has 1 aromatic rings. The summed E-state index contributed by atoms with van der Waals surface area (Å²) >= 11 is 6.28. The summed E-state index contributed by atoms with van der Waals surface area (Å²) in [6.45, 7) is 5.07. The molecule has 0 unspecified atom stereocenters. The summed E-state index contributed by atoms with van der Waals surface area (Å²) in [6.07, 6.45) is 0. The predicted octanol–water partition coefficient (Wildman–Crippen LogP) is 3.62. The number of carbonyl (C=O) groups is 1. The quantitative estimate of drug-likeness (QED) is 0.785. The zero-order valence-electron chi connectivity index (χ0n) is 11.4. The Morgan fingerprint density at radius 2 is 1.95 bits per heavy atom. The van der Waals surface area contributed by atoms with Crippen LogP contribution in [0.1, 0.15) is 13.8 Å². The Hall–Kier alpha value is -0.390. The first kappa shape index (κ1) is 16.0. The van der Waals surface area contributed by atoms with Gasteiger partial charge >= 0.3 is 0 Å².